The number of nitrogens with zero attached hydrogens (tertiary/aromatic N) is 2. The summed E-state index contributed by atoms with van der Waals surface area (Å²) in [6, 6.07) is 15.6. The van der Waals surface area contributed by atoms with Gasteiger partial charge < -0.3 is 14.6 Å². The molecule has 1 amide bonds. The van der Waals surface area contributed by atoms with Crippen LogP contribution >= 0.6 is 0 Å². The van der Waals surface area contributed by atoms with Gasteiger partial charge in [0.05, 0.1) is 38.5 Å². The minimum Gasteiger partial charge on any atom is -0.497 e. The van der Waals surface area contributed by atoms with Crippen LogP contribution in [0.15, 0.2) is 48.5 Å². The summed E-state index contributed by atoms with van der Waals surface area (Å²) in [4.78, 5) is 13.3. The van der Waals surface area contributed by atoms with Gasteiger partial charge in [-0.25, -0.2) is 0 Å². The summed E-state index contributed by atoms with van der Waals surface area (Å²) in [5.41, 5.74) is 3.61. The van der Waals surface area contributed by atoms with E-state index in [1.165, 1.54) is 0 Å². The number of hydrazine groups is 1. The number of carbonyl (C=O) groups is 1. The van der Waals surface area contributed by atoms with Gasteiger partial charge in [-0.15, -0.1) is 0 Å². The van der Waals surface area contributed by atoms with Crippen LogP contribution in [0.25, 0.3) is 11.3 Å². The van der Waals surface area contributed by atoms with Crippen molar-refractivity contribution in [1.29, 1.82) is 0 Å². The normalized spacial score (nSPS) is 19.6. The summed E-state index contributed by atoms with van der Waals surface area (Å²) in [5, 5.41) is 14.0. The number of methoxy groups -OCH3 is 2. The van der Waals surface area contributed by atoms with Crippen LogP contribution in [0.2, 0.25) is 0 Å². The predicted molar refractivity (Wildman–Crippen MR) is 111 cm³/mol. The minimum atomic E-state index is -0.614. The lowest BCUT2D eigenvalue weighted by atomic mass is 9.86. The molecule has 4 rings (SSSR count). The van der Waals surface area contributed by atoms with Gasteiger partial charge >= 0.3 is 0 Å². The number of carbonyl (C=O) groups excluding carboxylic acids is 1. The van der Waals surface area contributed by atoms with E-state index < -0.39 is 5.92 Å². The van der Waals surface area contributed by atoms with E-state index >= 15 is 0 Å². The second-order valence-electron chi connectivity index (χ2n) is 7.39. The Morgan fingerprint density at radius 2 is 1.45 bits per heavy atom. The number of benzene rings is 2. The number of hydrogen-bond donors (Lipinski definition) is 1. The van der Waals surface area contributed by atoms with Crippen molar-refractivity contribution in [3.8, 4) is 11.5 Å². The van der Waals surface area contributed by atoms with E-state index in [4.69, 9.17) is 9.47 Å². The molecular formula is C23H26N2O4. The number of amides is 1. The Balaban J connectivity index is 1.91. The predicted octanol–water partition coefficient (Wildman–Crippen LogP) is 3.03. The highest BCUT2D eigenvalue weighted by molar-refractivity contribution is 6.04. The van der Waals surface area contributed by atoms with E-state index in [9.17, 15) is 9.90 Å². The Kier molecular flexibility index (Phi) is 5.20. The van der Waals surface area contributed by atoms with Crippen LogP contribution in [-0.2, 0) is 4.79 Å². The van der Waals surface area contributed by atoms with Gasteiger partial charge in [0.2, 0.25) is 0 Å². The summed E-state index contributed by atoms with van der Waals surface area (Å²) in [6.45, 7) is -0.239. The first-order valence-corrected chi connectivity index (χ1v) is 9.79. The fraction of sp³-hybridized carbons (Fsp3) is 0.348. The quantitative estimate of drug-likeness (QED) is 0.816. The molecule has 1 atom stereocenters. The topological polar surface area (TPSA) is 62.2 Å². The number of ether oxygens (including phenoxy) is 2. The first kappa shape index (κ1) is 19.3. The van der Waals surface area contributed by atoms with Crippen LogP contribution in [0.3, 0.4) is 0 Å². The zero-order valence-corrected chi connectivity index (χ0v) is 17.0. The monoisotopic (exact) mass is 394 g/mol. The minimum absolute atomic E-state index is 0.0550. The summed E-state index contributed by atoms with van der Waals surface area (Å²) in [6.07, 6.45) is 1.98. The lowest BCUT2D eigenvalue weighted by molar-refractivity contribution is -0.148. The van der Waals surface area contributed by atoms with Crippen molar-refractivity contribution in [3.63, 3.8) is 0 Å². The maximum Gasteiger partial charge on any atom is 0.251 e. The highest BCUT2D eigenvalue weighted by Crippen LogP contribution is 2.44. The Labute approximate surface area is 170 Å². The average molecular weight is 394 g/mol. The molecule has 6 nitrogen and oxygen atoms in total. The molecule has 6 heteroatoms. The van der Waals surface area contributed by atoms with Crippen LogP contribution in [-0.4, -0.2) is 54.9 Å². The van der Waals surface area contributed by atoms with Gasteiger partial charge in [0.25, 0.3) is 5.91 Å². The summed E-state index contributed by atoms with van der Waals surface area (Å²) < 4.78 is 10.6. The third-order valence-electron chi connectivity index (χ3n) is 5.61. The van der Waals surface area contributed by atoms with Gasteiger partial charge in [0, 0.05) is 12.6 Å². The molecule has 1 N–H and O–H groups in total. The number of aliphatic hydroxyl groups is 1. The highest BCUT2D eigenvalue weighted by atomic mass is 16.5. The van der Waals surface area contributed by atoms with Crippen molar-refractivity contribution >= 4 is 17.2 Å². The van der Waals surface area contributed by atoms with Crippen molar-refractivity contribution in [2.24, 2.45) is 5.92 Å². The molecule has 1 heterocycles. The van der Waals surface area contributed by atoms with E-state index in [0.29, 0.717) is 0 Å². The highest BCUT2D eigenvalue weighted by Gasteiger charge is 2.45. The molecule has 2 aliphatic rings. The lowest BCUT2D eigenvalue weighted by Gasteiger charge is -2.44. The molecule has 2 aromatic rings. The van der Waals surface area contributed by atoms with Crippen LogP contribution in [0.5, 0.6) is 11.5 Å². The summed E-state index contributed by atoms with van der Waals surface area (Å²) in [7, 11) is 5.19. The van der Waals surface area contributed by atoms with Gasteiger partial charge in [-0.1, -0.05) is 12.1 Å². The third-order valence-corrected chi connectivity index (χ3v) is 5.61. The van der Waals surface area contributed by atoms with E-state index in [-0.39, 0.29) is 18.6 Å². The molecule has 0 aromatic heterocycles. The summed E-state index contributed by atoms with van der Waals surface area (Å²) >= 11 is 0. The zero-order valence-electron chi connectivity index (χ0n) is 17.0. The van der Waals surface area contributed by atoms with E-state index in [1.807, 2.05) is 65.6 Å². The molecule has 0 spiro atoms. The first-order chi connectivity index (χ1) is 14.1. The van der Waals surface area contributed by atoms with E-state index in [0.717, 1.165) is 46.7 Å². The largest absolute Gasteiger partial charge is 0.497 e. The molecule has 1 saturated carbocycles. The molecule has 1 aliphatic heterocycles. The van der Waals surface area contributed by atoms with E-state index in [2.05, 4.69) is 0 Å². The average Bonchev–Trinajstić information content (AvgIpc) is 3.59. The number of rotatable bonds is 6. The molecule has 0 saturated heterocycles. The number of hydrogen-bond acceptors (Lipinski definition) is 5. The first-order valence-electron chi connectivity index (χ1n) is 9.79. The Morgan fingerprint density at radius 1 is 0.931 bits per heavy atom. The van der Waals surface area contributed by atoms with Crippen LogP contribution in [0.1, 0.15) is 24.0 Å². The van der Waals surface area contributed by atoms with Gasteiger partial charge in [-0.3, -0.25) is 14.8 Å². The van der Waals surface area contributed by atoms with Gasteiger partial charge in [0.1, 0.15) is 11.5 Å². The molecule has 152 valence electrons. The molecule has 0 bridgehead atoms. The standard InChI is InChI=1S/C23H26N2O4/c1-24-22(16-6-12-19(29-3)13-7-16)21(15-4-10-18(28-2)11-5-15)20(14-26)23(27)25(24)17-8-9-17/h4-7,10-13,17,20,26H,8-9,14H2,1-3H3. The van der Waals surface area contributed by atoms with Crippen molar-refractivity contribution in [3.05, 3.63) is 59.7 Å². The smallest absolute Gasteiger partial charge is 0.251 e. The Morgan fingerprint density at radius 3 is 1.90 bits per heavy atom. The molecular weight excluding hydrogens is 368 g/mol. The van der Waals surface area contributed by atoms with Crippen LogP contribution in [0, 0.1) is 5.92 Å². The van der Waals surface area contributed by atoms with E-state index in [1.54, 1.807) is 14.2 Å². The fourth-order valence-corrected chi connectivity index (χ4v) is 3.99. The second-order valence-corrected chi connectivity index (χ2v) is 7.39. The van der Waals surface area contributed by atoms with Crippen molar-refractivity contribution in [2.75, 3.05) is 27.9 Å². The lowest BCUT2D eigenvalue weighted by Crippen LogP contribution is -2.52. The van der Waals surface area contributed by atoms with Crippen molar-refractivity contribution in [2.45, 2.75) is 18.9 Å². The molecule has 2 aromatic carbocycles. The third kappa shape index (κ3) is 3.44. The summed E-state index contributed by atoms with van der Waals surface area (Å²) in [5.74, 6) is 0.849. The molecule has 1 unspecified atom stereocenters. The fourth-order valence-electron chi connectivity index (χ4n) is 3.99. The van der Waals surface area contributed by atoms with Crippen LogP contribution in [0.4, 0.5) is 0 Å². The molecule has 29 heavy (non-hydrogen) atoms. The van der Waals surface area contributed by atoms with Crippen molar-refractivity contribution in [1.82, 2.24) is 10.0 Å². The maximum absolute atomic E-state index is 13.3. The van der Waals surface area contributed by atoms with Crippen LogP contribution < -0.4 is 9.47 Å². The van der Waals surface area contributed by atoms with Gasteiger partial charge in [0.15, 0.2) is 0 Å². The SMILES string of the molecule is COc1ccc(C2=C(c3ccc(OC)cc3)N(C)N(C3CC3)C(=O)C2CO)cc1. The molecule has 1 aliphatic carbocycles. The zero-order chi connectivity index (χ0) is 20.5. The number of aliphatic hydroxyl groups excluding tert-OH is 1. The Bertz CT molecular complexity index is 917. The second kappa shape index (κ2) is 7.79. The van der Waals surface area contributed by atoms with Gasteiger partial charge in [-0.05, 0) is 60.4 Å². The molecule has 1 fully saturated rings. The Hall–Kier alpha value is -2.99. The van der Waals surface area contributed by atoms with Crippen molar-refractivity contribution < 1.29 is 19.4 Å². The van der Waals surface area contributed by atoms with Gasteiger partial charge in [-0.2, -0.15) is 0 Å². The molecule has 0 radical (unpaired) electrons. The maximum atomic E-state index is 13.3.